The maximum absolute atomic E-state index is 13.0. The number of ether oxygens (including phenoxy) is 1. The first-order valence-corrected chi connectivity index (χ1v) is 8.26. The van der Waals surface area contributed by atoms with Crippen molar-refractivity contribution in [3.05, 3.63) is 0 Å². The first-order valence-electron chi connectivity index (χ1n) is 8.26. The third kappa shape index (κ3) is 1.86. The highest BCUT2D eigenvalue weighted by Crippen LogP contribution is 2.64. The van der Waals surface area contributed by atoms with Crippen LogP contribution in [0.2, 0.25) is 0 Å². The highest BCUT2D eigenvalue weighted by molar-refractivity contribution is 6.12. The lowest BCUT2D eigenvalue weighted by atomic mass is 9.59. The molecule has 3 fully saturated rings. The Morgan fingerprint density at radius 2 is 1.78 bits per heavy atom. The average molecular weight is 324 g/mol. The van der Waals surface area contributed by atoms with Gasteiger partial charge in [0.2, 0.25) is 11.8 Å². The number of hydrogen-bond donors (Lipinski definition) is 2. The molecule has 3 heterocycles. The summed E-state index contributed by atoms with van der Waals surface area (Å²) in [7, 11) is 0. The fourth-order valence-electron chi connectivity index (χ4n) is 4.60. The van der Waals surface area contributed by atoms with Crippen molar-refractivity contribution in [2.75, 3.05) is 6.54 Å². The predicted molar refractivity (Wildman–Crippen MR) is 80.3 cm³/mol. The average Bonchev–Trinajstić information content (AvgIpc) is 3.11. The van der Waals surface area contributed by atoms with Crippen LogP contribution in [-0.2, 0) is 19.1 Å². The van der Waals surface area contributed by atoms with Crippen molar-refractivity contribution in [2.45, 2.75) is 64.2 Å². The number of hydrogen-bond acceptors (Lipinski definition) is 5. The summed E-state index contributed by atoms with van der Waals surface area (Å²) in [6, 6.07) is -1.11. The van der Waals surface area contributed by atoms with Gasteiger partial charge in [-0.3, -0.25) is 14.5 Å². The molecule has 5 unspecified atom stereocenters. The highest BCUT2D eigenvalue weighted by atomic mass is 16.5. The Labute approximate surface area is 135 Å². The van der Waals surface area contributed by atoms with Gasteiger partial charge in [-0.2, -0.15) is 0 Å². The lowest BCUT2D eigenvalue weighted by Crippen LogP contribution is -2.48. The number of carbonyl (C=O) groups excluding carboxylic acids is 2. The number of aliphatic carboxylic acids is 1. The molecule has 3 aliphatic heterocycles. The fourth-order valence-corrected chi connectivity index (χ4v) is 4.60. The number of carbonyl (C=O) groups is 3. The molecule has 7 heteroatoms. The molecule has 128 valence electrons. The molecule has 0 radical (unpaired) electrons. The minimum Gasteiger partial charge on any atom is -0.480 e. The number of nitrogens with zero attached hydrogens (tertiary/aromatic N) is 1. The van der Waals surface area contributed by atoms with Crippen LogP contribution in [0, 0.1) is 10.8 Å². The van der Waals surface area contributed by atoms with Crippen molar-refractivity contribution in [1.29, 1.82) is 0 Å². The van der Waals surface area contributed by atoms with E-state index in [-0.39, 0.29) is 18.6 Å². The lowest BCUT2D eigenvalue weighted by Gasteiger charge is -2.36. The number of unbranched alkanes of at least 4 members (excludes halogenated alkanes) is 1. The summed E-state index contributed by atoms with van der Waals surface area (Å²) in [5.74, 6) is -1.92. The van der Waals surface area contributed by atoms with Crippen LogP contribution in [-0.4, -0.2) is 52.6 Å². The summed E-state index contributed by atoms with van der Waals surface area (Å²) in [5.41, 5.74) is 3.55. The van der Waals surface area contributed by atoms with Crippen molar-refractivity contribution in [3.8, 4) is 0 Å². The van der Waals surface area contributed by atoms with Crippen LogP contribution in [0.5, 0.6) is 0 Å². The smallest absolute Gasteiger partial charge is 0.326 e. The SMILES string of the molecule is CC12C(=O)N(C(CCCCN)C(=O)O)C(=O)C1(C)C1CCC2O1. The molecule has 0 aromatic carbocycles. The molecule has 0 aromatic rings. The molecule has 3 N–H and O–H groups in total. The monoisotopic (exact) mass is 324 g/mol. The Morgan fingerprint density at radius 1 is 1.26 bits per heavy atom. The second-order valence-corrected chi connectivity index (χ2v) is 7.21. The molecule has 0 saturated carbocycles. The molecule has 7 nitrogen and oxygen atoms in total. The Morgan fingerprint density at radius 3 is 2.22 bits per heavy atom. The van der Waals surface area contributed by atoms with Crippen molar-refractivity contribution in [1.82, 2.24) is 4.90 Å². The highest BCUT2D eigenvalue weighted by Gasteiger charge is 2.77. The molecule has 2 bridgehead atoms. The minimum atomic E-state index is -1.14. The van der Waals surface area contributed by atoms with E-state index in [1.807, 2.05) is 0 Å². The largest absolute Gasteiger partial charge is 0.480 e. The first-order chi connectivity index (χ1) is 10.8. The number of carboxylic acid groups (broad SMARTS) is 1. The van der Waals surface area contributed by atoms with Crippen molar-refractivity contribution >= 4 is 17.8 Å². The second-order valence-electron chi connectivity index (χ2n) is 7.21. The zero-order valence-electron chi connectivity index (χ0n) is 13.6. The number of nitrogens with two attached hydrogens (primary N) is 1. The van der Waals surface area contributed by atoms with Crippen LogP contribution in [0.15, 0.2) is 0 Å². The van der Waals surface area contributed by atoms with E-state index in [4.69, 9.17) is 10.5 Å². The summed E-state index contributed by atoms with van der Waals surface area (Å²) in [6.45, 7) is 3.98. The summed E-state index contributed by atoms with van der Waals surface area (Å²) in [6.07, 6.45) is 2.38. The molecular weight excluding hydrogens is 300 g/mol. The molecule has 3 saturated heterocycles. The molecule has 3 rings (SSSR count). The third-order valence-corrected chi connectivity index (χ3v) is 6.24. The van der Waals surface area contributed by atoms with E-state index in [0.29, 0.717) is 19.4 Å². The zero-order valence-corrected chi connectivity index (χ0v) is 13.6. The Balaban J connectivity index is 1.94. The maximum atomic E-state index is 13.0. The van der Waals surface area contributed by atoms with Crippen LogP contribution in [0.1, 0.15) is 46.0 Å². The van der Waals surface area contributed by atoms with Gasteiger partial charge < -0.3 is 15.6 Å². The van der Waals surface area contributed by atoms with Crippen LogP contribution in [0.25, 0.3) is 0 Å². The van der Waals surface area contributed by atoms with Gasteiger partial charge in [0.15, 0.2) is 0 Å². The van der Waals surface area contributed by atoms with Gasteiger partial charge >= 0.3 is 5.97 Å². The number of imide groups is 1. The van der Waals surface area contributed by atoms with Crippen molar-refractivity contribution in [3.63, 3.8) is 0 Å². The van der Waals surface area contributed by atoms with Crippen LogP contribution < -0.4 is 5.73 Å². The van der Waals surface area contributed by atoms with Crippen LogP contribution >= 0.6 is 0 Å². The van der Waals surface area contributed by atoms with Crippen molar-refractivity contribution in [2.24, 2.45) is 16.6 Å². The van der Waals surface area contributed by atoms with Crippen LogP contribution in [0.3, 0.4) is 0 Å². The van der Waals surface area contributed by atoms with Crippen molar-refractivity contribution < 1.29 is 24.2 Å². The molecule has 0 aromatic heterocycles. The summed E-state index contributed by atoms with van der Waals surface area (Å²) >= 11 is 0. The summed E-state index contributed by atoms with van der Waals surface area (Å²) < 4.78 is 5.84. The minimum absolute atomic E-state index is 0.242. The Kier molecular flexibility index (Phi) is 3.76. The molecule has 3 aliphatic rings. The molecule has 0 aliphatic carbocycles. The molecule has 5 atom stereocenters. The summed E-state index contributed by atoms with van der Waals surface area (Å²) in [5, 5.41) is 9.54. The van der Waals surface area contributed by atoms with E-state index in [1.54, 1.807) is 13.8 Å². The van der Waals surface area contributed by atoms with E-state index in [2.05, 4.69) is 0 Å². The van der Waals surface area contributed by atoms with Gasteiger partial charge in [-0.1, -0.05) is 0 Å². The van der Waals surface area contributed by atoms with Gasteiger partial charge in [0.05, 0.1) is 23.0 Å². The van der Waals surface area contributed by atoms with E-state index in [0.717, 1.165) is 17.7 Å². The van der Waals surface area contributed by atoms with Gasteiger partial charge in [0.25, 0.3) is 0 Å². The van der Waals surface area contributed by atoms with Crippen LogP contribution in [0.4, 0.5) is 0 Å². The summed E-state index contributed by atoms with van der Waals surface area (Å²) in [4.78, 5) is 38.7. The molecule has 0 spiro atoms. The van der Waals surface area contributed by atoms with Gasteiger partial charge in [-0.05, 0) is 52.5 Å². The zero-order chi connectivity index (χ0) is 17.0. The number of likely N-dealkylation sites (tertiary alicyclic amines) is 1. The quantitative estimate of drug-likeness (QED) is 0.544. The van der Waals surface area contributed by atoms with Gasteiger partial charge in [-0.25, -0.2) is 4.79 Å². The lowest BCUT2D eigenvalue weighted by molar-refractivity contribution is -0.158. The fraction of sp³-hybridized carbons (Fsp3) is 0.812. The standard InChI is InChI=1S/C16H24N2O5/c1-15-10-6-7-11(23-10)16(15,2)14(22)18(13(15)21)9(12(19)20)5-3-4-8-17/h9-11H,3-8,17H2,1-2H3,(H,19,20). The Hall–Kier alpha value is -1.47. The maximum Gasteiger partial charge on any atom is 0.326 e. The topological polar surface area (TPSA) is 110 Å². The Bertz CT molecular complexity index is 531. The number of rotatable bonds is 6. The first kappa shape index (κ1) is 16.4. The molecule has 23 heavy (non-hydrogen) atoms. The number of fused-ring (bicyclic) bond motifs is 5. The number of amides is 2. The predicted octanol–water partition coefficient (Wildman–Crippen LogP) is 0.511. The van der Waals surface area contributed by atoms with E-state index < -0.39 is 34.7 Å². The van der Waals surface area contributed by atoms with E-state index in [1.165, 1.54) is 0 Å². The normalized spacial score (nSPS) is 39.9. The van der Waals surface area contributed by atoms with Gasteiger partial charge in [0, 0.05) is 0 Å². The molecule has 2 amide bonds. The third-order valence-electron chi connectivity index (χ3n) is 6.24. The van der Waals surface area contributed by atoms with E-state index in [9.17, 15) is 19.5 Å². The second kappa shape index (κ2) is 5.27. The number of carboxylic acids is 1. The molecular formula is C16H24N2O5. The van der Waals surface area contributed by atoms with Gasteiger partial charge in [0.1, 0.15) is 6.04 Å². The van der Waals surface area contributed by atoms with Gasteiger partial charge in [-0.15, -0.1) is 0 Å². The van der Waals surface area contributed by atoms with E-state index >= 15 is 0 Å².